The number of hydrogen-bond acceptors (Lipinski definition) is 6. The maximum absolute atomic E-state index is 10.6. The van der Waals surface area contributed by atoms with Crippen LogP contribution >= 0.6 is 0 Å². The molecule has 6 nitrogen and oxygen atoms in total. The molecule has 4 N–H and O–H groups in total. The van der Waals surface area contributed by atoms with Gasteiger partial charge in [-0.05, 0) is 0 Å². The summed E-state index contributed by atoms with van der Waals surface area (Å²) in [5.74, 6) is -3.18. The maximum Gasteiger partial charge on any atom is 0.328 e. The van der Waals surface area contributed by atoms with E-state index in [1.807, 2.05) is 0 Å². The molecule has 0 atom stereocenters. The van der Waals surface area contributed by atoms with E-state index in [0.29, 0.717) is 0 Å². The summed E-state index contributed by atoms with van der Waals surface area (Å²) in [6, 6.07) is 0. The Balaban J connectivity index is 2.70. The van der Waals surface area contributed by atoms with Crippen LogP contribution in [0.25, 0.3) is 0 Å². The van der Waals surface area contributed by atoms with Gasteiger partial charge >= 0.3 is 17.8 Å². The number of hydrogen-bond donors (Lipinski definition) is 2. The second-order valence-electron chi connectivity index (χ2n) is 2.14. The van der Waals surface area contributed by atoms with Gasteiger partial charge in [-0.15, -0.1) is 0 Å². The highest BCUT2D eigenvalue weighted by atomic mass is 16.8. The van der Waals surface area contributed by atoms with E-state index in [1.54, 1.807) is 0 Å². The van der Waals surface area contributed by atoms with Crippen LogP contribution in [0.1, 0.15) is 6.42 Å². The Kier molecular flexibility index (Phi) is 1.79. The largest absolute Gasteiger partial charge is 0.407 e. The first-order valence-corrected chi connectivity index (χ1v) is 2.98. The number of carbonyl (C=O) groups excluding carboxylic acids is 2. The summed E-state index contributed by atoms with van der Waals surface area (Å²) in [7, 11) is 0. The molecule has 0 aromatic rings. The second kappa shape index (κ2) is 2.48. The van der Waals surface area contributed by atoms with Gasteiger partial charge in [0.15, 0.2) is 0 Å². The van der Waals surface area contributed by atoms with Crippen molar-refractivity contribution >= 4 is 11.9 Å². The molecule has 0 aromatic heterocycles. The third kappa shape index (κ3) is 1.66. The zero-order valence-electron chi connectivity index (χ0n) is 5.70. The van der Waals surface area contributed by atoms with Gasteiger partial charge in [0.2, 0.25) is 0 Å². The number of nitrogens with two attached hydrogens (primary N) is 2. The first-order chi connectivity index (χ1) is 5.06. The molecule has 1 heterocycles. The van der Waals surface area contributed by atoms with Crippen molar-refractivity contribution in [3.8, 4) is 0 Å². The molecule has 0 radical (unpaired) electrons. The van der Waals surface area contributed by atoms with Crippen molar-refractivity contribution in [2.45, 2.75) is 12.3 Å². The van der Waals surface area contributed by atoms with Crippen molar-refractivity contribution in [3.05, 3.63) is 0 Å². The molecule has 1 saturated heterocycles. The van der Waals surface area contributed by atoms with Crippen molar-refractivity contribution in [2.24, 2.45) is 11.5 Å². The van der Waals surface area contributed by atoms with Crippen molar-refractivity contribution in [3.63, 3.8) is 0 Å². The molecule has 0 amide bonds. The number of esters is 2. The third-order valence-electron chi connectivity index (χ3n) is 1.15. The van der Waals surface area contributed by atoms with Gasteiger partial charge in [0, 0.05) is 0 Å². The van der Waals surface area contributed by atoms with E-state index in [4.69, 9.17) is 11.5 Å². The predicted molar refractivity (Wildman–Crippen MR) is 32.8 cm³/mol. The quantitative estimate of drug-likeness (QED) is 0.341. The molecular formula is C5H8N2O4. The fourth-order valence-corrected chi connectivity index (χ4v) is 0.680. The van der Waals surface area contributed by atoms with Crippen molar-refractivity contribution in [1.82, 2.24) is 0 Å². The van der Waals surface area contributed by atoms with Gasteiger partial charge in [-0.25, -0.2) is 0 Å². The molecule has 1 aliphatic heterocycles. The Hall–Kier alpha value is -1.14. The molecule has 0 saturated carbocycles. The molecule has 0 aliphatic carbocycles. The van der Waals surface area contributed by atoms with E-state index < -0.39 is 24.3 Å². The van der Waals surface area contributed by atoms with Crippen LogP contribution < -0.4 is 11.5 Å². The molecule has 1 fully saturated rings. The fraction of sp³-hybridized carbons (Fsp3) is 0.600. The smallest absolute Gasteiger partial charge is 0.328 e. The third-order valence-corrected chi connectivity index (χ3v) is 1.15. The van der Waals surface area contributed by atoms with Crippen LogP contribution in [0.15, 0.2) is 0 Å². The molecular weight excluding hydrogens is 152 g/mol. The van der Waals surface area contributed by atoms with Gasteiger partial charge in [-0.3, -0.25) is 15.3 Å². The van der Waals surface area contributed by atoms with Gasteiger partial charge < -0.3 is 15.2 Å². The summed E-state index contributed by atoms with van der Waals surface area (Å²) in [6.45, 7) is -0.246. The molecule has 6 heteroatoms. The summed E-state index contributed by atoms with van der Waals surface area (Å²) in [4.78, 5) is 21.2. The minimum absolute atomic E-state index is 0.246. The van der Waals surface area contributed by atoms with Crippen LogP contribution in [0, 0.1) is 0 Å². The second-order valence-corrected chi connectivity index (χ2v) is 2.14. The Morgan fingerprint density at radius 1 is 1.36 bits per heavy atom. The van der Waals surface area contributed by atoms with Crippen LogP contribution in [0.5, 0.6) is 0 Å². The highest BCUT2D eigenvalue weighted by Crippen LogP contribution is 2.12. The lowest BCUT2D eigenvalue weighted by Crippen LogP contribution is -2.57. The van der Waals surface area contributed by atoms with Crippen molar-refractivity contribution in [2.75, 3.05) is 6.54 Å². The monoisotopic (exact) mass is 160 g/mol. The van der Waals surface area contributed by atoms with E-state index in [2.05, 4.69) is 9.47 Å². The molecule has 0 aromatic carbocycles. The van der Waals surface area contributed by atoms with Crippen LogP contribution in [-0.2, 0) is 19.1 Å². The zero-order valence-corrected chi connectivity index (χ0v) is 5.70. The standard InChI is InChI=1S/C5H8N2O4/c6-2-5(7)10-3(8)1-4(9)11-5/h1-2,6-7H2. The van der Waals surface area contributed by atoms with Gasteiger partial charge in [0.25, 0.3) is 0 Å². The van der Waals surface area contributed by atoms with E-state index in [-0.39, 0.29) is 6.54 Å². The minimum Gasteiger partial charge on any atom is -0.407 e. The molecule has 0 unspecified atom stereocenters. The van der Waals surface area contributed by atoms with Crippen LogP contribution in [-0.4, -0.2) is 24.4 Å². The Bertz CT molecular complexity index is 187. The topological polar surface area (TPSA) is 105 Å². The first kappa shape index (κ1) is 7.96. The highest BCUT2D eigenvalue weighted by Gasteiger charge is 2.38. The van der Waals surface area contributed by atoms with Gasteiger partial charge in [-0.1, -0.05) is 0 Å². The van der Waals surface area contributed by atoms with E-state index in [0.717, 1.165) is 0 Å². The molecule has 1 rings (SSSR count). The lowest BCUT2D eigenvalue weighted by molar-refractivity contribution is -0.238. The summed E-state index contributed by atoms with van der Waals surface area (Å²) >= 11 is 0. The molecule has 62 valence electrons. The SMILES string of the molecule is NCC1(N)OC(=O)CC(=O)O1. The maximum atomic E-state index is 10.6. The number of cyclic esters (lactones) is 2. The van der Waals surface area contributed by atoms with Crippen LogP contribution in [0.2, 0.25) is 0 Å². The highest BCUT2D eigenvalue weighted by molar-refractivity contribution is 5.93. The van der Waals surface area contributed by atoms with Crippen LogP contribution in [0.4, 0.5) is 0 Å². The van der Waals surface area contributed by atoms with E-state index in [1.165, 1.54) is 0 Å². The minimum atomic E-state index is -1.76. The summed E-state index contributed by atoms with van der Waals surface area (Å²) < 4.78 is 8.93. The average Bonchev–Trinajstić information content (AvgIpc) is 1.84. The summed E-state index contributed by atoms with van der Waals surface area (Å²) in [5.41, 5.74) is 10.3. The van der Waals surface area contributed by atoms with E-state index in [9.17, 15) is 9.59 Å². The molecule has 11 heavy (non-hydrogen) atoms. The normalized spacial score (nSPS) is 22.4. The Morgan fingerprint density at radius 3 is 2.18 bits per heavy atom. The van der Waals surface area contributed by atoms with Crippen molar-refractivity contribution in [1.29, 1.82) is 0 Å². The van der Waals surface area contributed by atoms with Crippen LogP contribution in [0.3, 0.4) is 0 Å². The molecule has 0 bridgehead atoms. The zero-order chi connectivity index (χ0) is 8.48. The average molecular weight is 160 g/mol. The van der Waals surface area contributed by atoms with Gasteiger partial charge in [0.05, 0.1) is 6.54 Å². The number of rotatable bonds is 1. The lowest BCUT2D eigenvalue weighted by Gasteiger charge is -2.30. The number of carbonyl (C=O) groups is 2. The first-order valence-electron chi connectivity index (χ1n) is 2.98. The van der Waals surface area contributed by atoms with Gasteiger partial charge in [-0.2, -0.15) is 0 Å². The molecule has 0 spiro atoms. The number of ether oxygens (including phenoxy) is 2. The Morgan fingerprint density at radius 2 is 1.82 bits per heavy atom. The van der Waals surface area contributed by atoms with E-state index >= 15 is 0 Å². The predicted octanol–water partition coefficient (Wildman–Crippen LogP) is -1.95. The molecule has 1 aliphatic rings. The Labute approximate surface area is 62.4 Å². The fourth-order valence-electron chi connectivity index (χ4n) is 0.680. The summed E-state index contributed by atoms with van der Waals surface area (Å²) in [5, 5.41) is 0. The summed E-state index contributed by atoms with van der Waals surface area (Å²) in [6.07, 6.45) is -0.404. The lowest BCUT2D eigenvalue weighted by atomic mass is 10.3. The van der Waals surface area contributed by atoms with Crippen molar-refractivity contribution < 1.29 is 19.1 Å². The van der Waals surface area contributed by atoms with Gasteiger partial charge in [0.1, 0.15) is 6.42 Å².